The van der Waals surface area contributed by atoms with E-state index in [0.717, 1.165) is 38.3 Å². The molecule has 1 saturated heterocycles. The highest BCUT2D eigenvalue weighted by Gasteiger charge is 2.28. The largest absolute Gasteiger partial charge is 0.379 e. The molecule has 0 aliphatic carbocycles. The van der Waals surface area contributed by atoms with Crippen molar-refractivity contribution in [2.24, 2.45) is 0 Å². The standard InChI is InChI=1S/C13H23N3O/c1-4-11(2)16-7-5-12(15-16)9-14-13(3)6-8-17-10-13/h5,7,11,14H,4,6,8-10H2,1-3H3. The average molecular weight is 237 g/mol. The van der Waals surface area contributed by atoms with Crippen LogP contribution in [0.2, 0.25) is 0 Å². The molecule has 4 nitrogen and oxygen atoms in total. The lowest BCUT2D eigenvalue weighted by Crippen LogP contribution is -2.42. The van der Waals surface area contributed by atoms with E-state index in [2.05, 4.69) is 43.4 Å². The minimum absolute atomic E-state index is 0.125. The summed E-state index contributed by atoms with van der Waals surface area (Å²) in [5.41, 5.74) is 1.23. The Kier molecular flexibility index (Phi) is 3.84. The maximum absolute atomic E-state index is 5.42. The molecule has 0 radical (unpaired) electrons. The van der Waals surface area contributed by atoms with E-state index in [-0.39, 0.29) is 5.54 Å². The third kappa shape index (κ3) is 3.07. The highest BCUT2D eigenvalue weighted by Crippen LogP contribution is 2.18. The van der Waals surface area contributed by atoms with Gasteiger partial charge in [0.05, 0.1) is 12.3 Å². The van der Waals surface area contributed by atoms with Gasteiger partial charge in [-0.1, -0.05) is 6.92 Å². The van der Waals surface area contributed by atoms with Crippen molar-refractivity contribution in [3.05, 3.63) is 18.0 Å². The lowest BCUT2D eigenvalue weighted by molar-refractivity contribution is 0.171. The molecule has 0 amide bonds. The van der Waals surface area contributed by atoms with E-state index >= 15 is 0 Å². The van der Waals surface area contributed by atoms with Gasteiger partial charge in [-0.05, 0) is 32.8 Å². The normalized spacial score (nSPS) is 26.3. The quantitative estimate of drug-likeness (QED) is 0.852. The summed E-state index contributed by atoms with van der Waals surface area (Å²) in [5.74, 6) is 0. The Morgan fingerprint density at radius 1 is 1.65 bits per heavy atom. The van der Waals surface area contributed by atoms with Gasteiger partial charge >= 0.3 is 0 Å². The molecule has 2 unspecified atom stereocenters. The predicted octanol–water partition coefficient (Wildman–Crippen LogP) is 2.12. The van der Waals surface area contributed by atoms with Crippen LogP contribution in [0.4, 0.5) is 0 Å². The van der Waals surface area contributed by atoms with Crippen LogP contribution in [0.3, 0.4) is 0 Å². The van der Waals surface area contributed by atoms with E-state index in [4.69, 9.17) is 4.74 Å². The Morgan fingerprint density at radius 2 is 2.47 bits per heavy atom. The molecule has 0 bridgehead atoms. The maximum Gasteiger partial charge on any atom is 0.0762 e. The van der Waals surface area contributed by atoms with Gasteiger partial charge in [0.2, 0.25) is 0 Å². The summed E-state index contributed by atoms with van der Waals surface area (Å²) in [6.07, 6.45) is 4.26. The van der Waals surface area contributed by atoms with E-state index in [9.17, 15) is 0 Å². The SMILES string of the molecule is CCC(C)n1ccc(CNC2(C)CCOC2)n1. The van der Waals surface area contributed by atoms with Gasteiger partial charge in [0, 0.05) is 30.9 Å². The number of ether oxygens (including phenoxy) is 1. The Bertz CT molecular complexity index is 355. The first-order chi connectivity index (χ1) is 8.13. The van der Waals surface area contributed by atoms with Crippen molar-refractivity contribution < 1.29 is 4.74 Å². The maximum atomic E-state index is 5.42. The predicted molar refractivity (Wildman–Crippen MR) is 67.9 cm³/mol. The summed E-state index contributed by atoms with van der Waals surface area (Å²) in [5, 5.41) is 8.13. The molecule has 2 rings (SSSR count). The van der Waals surface area contributed by atoms with Crippen LogP contribution in [0, 0.1) is 0 Å². The molecule has 17 heavy (non-hydrogen) atoms. The van der Waals surface area contributed by atoms with Gasteiger partial charge < -0.3 is 10.1 Å². The molecule has 1 fully saturated rings. The second-order valence-corrected chi connectivity index (χ2v) is 5.26. The topological polar surface area (TPSA) is 39.1 Å². The van der Waals surface area contributed by atoms with Crippen LogP contribution in [0.1, 0.15) is 45.3 Å². The fourth-order valence-electron chi connectivity index (χ4n) is 2.01. The molecule has 1 N–H and O–H groups in total. The monoisotopic (exact) mass is 237 g/mol. The molecule has 2 atom stereocenters. The summed E-state index contributed by atoms with van der Waals surface area (Å²) in [7, 11) is 0. The van der Waals surface area contributed by atoms with Gasteiger partial charge in [0.1, 0.15) is 0 Å². The van der Waals surface area contributed by atoms with Crippen molar-refractivity contribution >= 4 is 0 Å². The van der Waals surface area contributed by atoms with E-state index < -0.39 is 0 Å². The third-order valence-corrected chi connectivity index (χ3v) is 3.62. The fourth-order valence-corrected chi connectivity index (χ4v) is 2.01. The summed E-state index contributed by atoms with van der Waals surface area (Å²) in [6, 6.07) is 2.58. The van der Waals surface area contributed by atoms with E-state index in [0.29, 0.717) is 6.04 Å². The first-order valence-corrected chi connectivity index (χ1v) is 6.50. The van der Waals surface area contributed by atoms with Crippen molar-refractivity contribution in [1.29, 1.82) is 0 Å². The van der Waals surface area contributed by atoms with Gasteiger partial charge in [0.15, 0.2) is 0 Å². The van der Waals surface area contributed by atoms with E-state index in [1.165, 1.54) is 0 Å². The van der Waals surface area contributed by atoms with Crippen LogP contribution >= 0.6 is 0 Å². The molecule has 96 valence electrons. The van der Waals surface area contributed by atoms with Crippen molar-refractivity contribution in [3.8, 4) is 0 Å². The average Bonchev–Trinajstić information content (AvgIpc) is 2.95. The van der Waals surface area contributed by atoms with Crippen LogP contribution < -0.4 is 5.32 Å². The number of nitrogens with one attached hydrogen (secondary N) is 1. The lowest BCUT2D eigenvalue weighted by Gasteiger charge is -2.22. The molecule has 0 saturated carbocycles. The van der Waals surface area contributed by atoms with Crippen molar-refractivity contribution in [2.75, 3.05) is 13.2 Å². The highest BCUT2D eigenvalue weighted by molar-refractivity contribution is 5.01. The smallest absolute Gasteiger partial charge is 0.0762 e. The molecule has 1 aromatic heterocycles. The molecule has 1 aromatic rings. The van der Waals surface area contributed by atoms with Crippen LogP contribution in [0.5, 0.6) is 0 Å². The number of rotatable bonds is 5. The van der Waals surface area contributed by atoms with Crippen LogP contribution in [0.15, 0.2) is 12.3 Å². The molecular formula is C13H23N3O. The second-order valence-electron chi connectivity index (χ2n) is 5.26. The number of nitrogens with zero attached hydrogens (tertiary/aromatic N) is 2. The van der Waals surface area contributed by atoms with Gasteiger partial charge in [-0.15, -0.1) is 0 Å². The van der Waals surface area contributed by atoms with E-state index in [1.807, 2.05) is 4.68 Å². The van der Waals surface area contributed by atoms with Crippen molar-refractivity contribution in [2.45, 2.75) is 51.7 Å². The lowest BCUT2D eigenvalue weighted by atomic mass is 10.0. The first-order valence-electron chi connectivity index (χ1n) is 6.50. The van der Waals surface area contributed by atoms with Crippen molar-refractivity contribution in [1.82, 2.24) is 15.1 Å². The summed E-state index contributed by atoms with van der Waals surface area (Å²) >= 11 is 0. The van der Waals surface area contributed by atoms with E-state index in [1.54, 1.807) is 0 Å². The summed E-state index contributed by atoms with van der Waals surface area (Å²) < 4.78 is 7.47. The van der Waals surface area contributed by atoms with Crippen LogP contribution in [0.25, 0.3) is 0 Å². The molecular weight excluding hydrogens is 214 g/mol. The Balaban J connectivity index is 1.88. The van der Waals surface area contributed by atoms with Gasteiger partial charge in [0.25, 0.3) is 0 Å². The molecule has 1 aliphatic rings. The van der Waals surface area contributed by atoms with Gasteiger partial charge in [-0.2, -0.15) is 5.10 Å². The minimum atomic E-state index is 0.125. The molecule has 1 aliphatic heterocycles. The first kappa shape index (κ1) is 12.6. The molecule has 4 heteroatoms. The van der Waals surface area contributed by atoms with Gasteiger partial charge in [-0.25, -0.2) is 0 Å². The number of hydrogen-bond donors (Lipinski definition) is 1. The molecule has 2 heterocycles. The highest BCUT2D eigenvalue weighted by atomic mass is 16.5. The molecule has 0 aromatic carbocycles. The number of aromatic nitrogens is 2. The second kappa shape index (κ2) is 5.19. The Morgan fingerprint density at radius 3 is 3.12 bits per heavy atom. The third-order valence-electron chi connectivity index (χ3n) is 3.62. The zero-order valence-electron chi connectivity index (χ0n) is 11.1. The zero-order valence-corrected chi connectivity index (χ0v) is 11.1. The zero-order chi connectivity index (χ0) is 12.3. The van der Waals surface area contributed by atoms with Gasteiger partial charge in [-0.3, -0.25) is 4.68 Å². The summed E-state index contributed by atoms with van der Waals surface area (Å²) in [4.78, 5) is 0. The Labute approximate surface area is 103 Å². The Hall–Kier alpha value is -0.870. The minimum Gasteiger partial charge on any atom is -0.379 e. The van der Waals surface area contributed by atoms with Crippen LogP contribution in [-0.4, -0.2) is 28.5 Å². The number of hydrogen-bond acceptors (Lipinski definition) is 3. The van der Waals surface area contributed by atoms with Crippen molar-refractivity contribution in [3.63, 3.8) is 0 Å². The summed E-state index contributed by atoms with van der Waals surface area (Å²) in [6.45, 7) is 9.08. The van der Waals surface area contributed by atoms with Crippen LogP contribution in [-0.2, 0) is 11.3 Å². The molecule has 0 spiro atoms. The fraction of sp³-hybridized carbons (Fsp3) is 0.769.